The Balaban J connectivity index is 1.75. The van der Waals surface area contributed by atoms with Crippen molar-refractivity contribution in [3.63, 3.8) is 0 Å². The second-order valence-electron chi connectivity index (χ2n) is 4.61. The number of fused-ring (bicyclic) bond motifs is 1. The van der Waals surface area contributed by atoms with Crippen LogP contribution in [0.25, 0.3) is 0 Å². The van der Waals surface area contributed by atoms with E-state index in [0.29, 0.717) is 17.1 Å². The highest BCUT2D eigenvalue weighted by atomic mass is 19.2. The Morgan fingerprint density at radius 3 is 2.95 bits per heavy atom. The normalized spacial score (nSPS) is 13.1. The van der Waals surface area contributed by atoms with E-state index in [0.717, 1.165) is 6.07 Å². The average molecular weight is 290 g/mol. The molecule has 2 aromatic rings. The Hall–Kier alpha value is -2.63. The van der Waals surface area contributed by atoms with Gasteiger partial charge in [0.15, 0.2) is 18.2 Å². The average Bonchev–Trinajstić information content (AvgIpc) is 2.48. The maximum absolute atomic E-state index is 13.5. The molecule has 0 atom stereocenters. The maximum Gasteiger partial charge on any atom is 0.262 e. The van der Waals surface area contributed by atoms with Gasteiger partial charge in [-0.25, -0.2) is 8.78 Å². The molecule has 1 amide bonds. The largest absolute Gasteiger partial charge is 0.482 e. The van der Waals surface area contributed by atoms with Crippen molar-refractivity contribution in [1.82, 2.24) is 0 Å². The maximum atomic E-state index is 13.5. The molecule has 1 aliphatic heterocycles. The first-order valence-corrected chi connectivity index (χ1v) is 6.37. The Labute approximate surface area is 119 Å². The number of hydrogen-bond acceptors (Lipinski definition) is 3. The molecule has 4 nitrogen and oxygen atoms in total. The smallest absolute Gasteiger partial charge is 0.262 e. The number of hydrogen-bond donors (Lipinski definition) is 2. The third kappa shape index (κ3) is 2.79. The Bertz CT molecular complexity index is 704. The minimum atomic E-state index is -0.875. The van der Waals surface area contributed by atoms with Crippen molar-refractivity contribution in [2.24, 2.45) is 0 Å². The second-order valence-corrected chi connectivity index (χ2v) is 4.61. The van der Waals surface area contributed by atoms with Gasteiger partial charge < -0.3 is 15.4 Å². The first-order chi connectivity index (χ1) is 10.1. The van der Waals surface area contributed by atoms with Gasteiger partial charge in [0.05, 0.1) is 5.69 Å². The van der Waals surface area contributed by atoms with Crippen molar-refractivity contribution < 1.29 is 18.3 Å². The van der Waals surface area contributed by atoms with E-state index >= 15 is 0 Å². The number of benzene rings is 2. The molecule has 0 aromatic heterocycles. The van der Waals surface area contributed by atoms with Crippen LogP contribution in [0.15, 0.2) is 36.4 Å². The van der Waals surface area contributed by atoms with Gasteiger partial charge in [0.25, 0.3) is 5.91 Å². The first-order valence-electron chi connectivity index (χ1n) is 6.37. The Morgan fingerprint density at radius 2 is 2.10 bits per heavy atom. The molecule has 1 aliphatic rings. The van der Waals surface area contributed by atoms with E-state index in [1.807, 2.05) is 0 Å². The van der Waals surface area contributed by atoms with Crippen LogP contribution in [0.1, 0.15) is 5.56 Å². The lowest BCUT2D eigenvalue weighted by molar-refractivity contribution is -0.118. The molecule has 2 aromatic carbocycles. The van der Waals surface area contributed by atoms with Crippen molar-refractivity contribution in [2.45, 2.75) is 6.54 Å². The van der Waals surface area contributed by atoms with Crippen molar-refractivity contribution >= 4 is 17.3 Å². The summed E-state index contributed by atoms with van der Waals surface area (Å²) >= 11 is 0. The van der Waals surface area contributed by atoms with Crippen molar-refractivity contribution in [3.05, 3.63) is 53.6 Å². The number of rotatable bonds is 3. The summed E-state index contributed by atoms with van der Waals surface area (Å²) in [5.41, 5.74) is 1.45. The monoisotopic (exact) mass is 290 g/mol. The van der Waals surface area contributed by atoms with Crippen LogP contribution in [0.4, 0.5) is 20.2 Å². The predicted octanol–water partition coefficient (Wildman–Crippen LogP) is 2.91. The van der Waals surface area contributed by atoms with Crippen LogP contribution >= 0.6 is 0 Å². The SMILES string of the molecule is O=C1COc2ccc(NCc3cccc(F)c3F)cc2N1. The lowest BCUT2D eigenvalue weighted by atomic mass is 10.2. The number of carbonyl (C=O) groups excluding carboxylic acids is 1. The van der Waals surface area contributed by atoms with E-state index in [9.17, 15) is 13.6 Å². The van der Waals surface area contributed by atoms with Crippen LogP contribution in [-0.4, -0.2) is 12.5 Å². The molecule has 6 heteroatoms. The van der Waals surface area contributed by atoms with Gasteiger partial charge in [-0.15, -0.1) is 0 Å². The Morgan fingerprint density at radius 1 is 1.24 bits per heavy atom. The first kappa shape index (κ1) is 13.4. The number of halogens is 2. The van der Waals surface area contributed by atoms with Crippen molar-refractivity contribution in [2.75, 3.05) is 17.2 Å². The van der Waals surface area contributed by atoms with E-state index in [-0.39, 0.29) is 24.6 Å². The summed E-state index contributed by atoms with van der Waals surface area (Å²) in [5.74, 6) is -1.38. The van der Waals surface area contributed by atoms with Gasteiger partial charge in [-0.05, 0) is 24.3 Å². The highest BCUT2D eigenvalue weighted by Crippen LogP contribution is 2.30. The van der Waals surface area contributed by atoms with Gasteiger partial charge in [-0.3, -0.25) is 4.79 Å². The van der Waals surface area contributed by atoms with Crippen molar-refractivity contribution in [1.29, 1.82) is 0 Å². The van der Waals surface area contributed by atoms with Crippen molar-refractivity contribution in [3.8, 4) is 5.75 Å². The topological polar surface area (TPSA) is 50.4 Å². The molecule has 3 rings (SSSR count). The number of anilines is 2. The minimum Gasteiger partial charge on any atom is -0.482 e. The van der Waals surface area contributed by atoms with Crippen LogP contribution in [0, 0.1) is 11.6 Å². The second kappa shape index (κ2) is 5.40. The van der Waals surface area contributed by atoms with Gasteiger partial charge in [-0.2, -0.15) is 0 Å². The standard InChI is InChI=1S/C15H12F2N2O2/c16-11-3-1-2-9(15(11)17)7-18-10-4-5-13-12(6-10)19-14(20)8-21-13/h1-6,18H,7-8H2,(H,19,20). The molecule has 108 valence electrons. The zero-order valence-electron chi connectivity index (χ0n) is 11.0. The summed E-state index contributed by atoms with van der Waals surface area (Å²) in [6.07, 6.45) is 0. The number of nitrogens with one attached hydrogen (secondary N) is 2. The Kier molecular flexibility index (Phi) is 3.43. The number of ether oxygens (including phenoxy) is 1. The van der Waals surface area contributed by atoms with Crippen LogP contribution in [0.2, 0.25) is 0 Å². The van der Waals surface area contributed by atoms with Crippen LogP contribution in [0.5, 0.6) is 5.75 Å². The third-order valence-corrected chi connectivity index (χ3v) is 3.13. The molecule has 1 heterocycles. The van der Waals surface area contributed by atoms with Gasteiger partial charge in [0.1, 0.15) is 5.75 Å². The highest BCUT2D eigenvalue weighted by molar-refractivity contribution is 5.96. The summed E-state index contributed by atoms with van der Waals surface area (Å²) < 4.78 is 31.9. The zero-order valence-corrected chi connectivity index (χ0v) is 11.0. The fourth-order valence-corrected chi connectivity index (χ4v) is 2.08. The van der Waals surface area contributed by atoms with E-state index in [1.165, 1.54) is 12.1 Å². The van der Waals surface area contributed by atoms with E-state index in [1.54, 1.807) is 18.2 Å². The summed E-state index contributed by atoms with van der Waals surface area (Å²) in [6, 6.07) is 9.17. The van der Waals surface area contributed by atoms with E-state index in [4.69, 9.17) is 4.74 Å². The fraction of sp³-hybridized carbons (Fsp3) is 0.133. The van der Waals surface area contributed by atoms with Gasteiger partial charge in [0, 0.05) is 17.8 Å². The highest BCUT2D eigenvalue weighted by Gasteiger charge is 2.16. The molecule has 0 saturated heterocycles. The minimum absolute atomic E-state index is 0.00568. The molecule has 0 aliphatic carbocycles. The molecule has 0 unspecified atom stereocenters. The quantitative estimate of drug-likeness (QED) is 0.914. The summed E-state index contributed by atoms with van der Waals surface area (Å²) in [5, 5.41) is 5.66. The molecular weight excluding hydrogens is 278 g/mol. The lowest BCUT2D eigenvalue weighted by Crippen LogP contribution is -2.25. The van der Waals surface area contributed by atoms with Crippen LogP contribution < -0.4 is 15.4 Å². The summed E-state index contributed by atoms with van der Waals surface area (Å²) in [6.45, 7) is 0.130. The number of amides is 1. The summed E-state index contributed by atoms with van der Waals surface area (Å²) in [7, 11) is 0. The fourth-order valence-electron chi connectivity index (χ4n) is 2.08. The molecule has 2 N–H and O–H groups in total. The van der Waals surface area contributed by atoms with Gasteiger partial charge in [0.2, 0.25) is 0 Å². The molecule has 0 saturated carbocycles. The predicted molar refractivity (Wildman–Crippen MR) is 74.3 cm³/mol. The number of carbonyl (C=O) groups is 1. The zero-order chi connectivity index (χ0) is 14.8. The molecule has 0 radical (unpaired) electrons. The van der Waals surface area contributed by atoms with E-state index < -0.39 is 11.6 Å². The lowest BCUT2D eigenvalue weighted by Gasteiger charge is -2.19. The van der Waals surface area contributed by atoms with E-state index in [2.05, 4.69) is 10.6 Å². The van der Waals surface area contributed by atoms with Crippen LogP contribution in [-0.2, 0) is 11.3 Å². The molecule has 0 spiro atoms. The third-order valence-electron chi connectivity index (χ3n) is 3.13. The summed E-state index contributed by atoms with van der Waals surface area (Å²) in [4.78, 5) is 11.3. The molecule has 0 fully saturated rings. The van der Waals surface area contributed by atoms with Crippen LogP contribution in [0.3, 0.4) is 0 Å². The molecular formula is C15H12F2N2O2. The van der Waals surface area contributed by atoms with Gasteiger partial charge >= 0.3 is 0 Å². The molecule has 0 bridgehead atoms. The molecule has 21 heavy (non-hydrogen) atoms. The van der Waals surface area contributed by atoms with Gasteiger partial charge in [-0.1, -0.05) is 12.1 Å².